The molecule has 1 heterocycles. The fourth-order valence-electron chi connectivity index (χ4n) is 5.10. The number of nitriles is 1. The van der Waals surface area contributed by atoms with Crippen LogP contribution in [0.1, 0.15) is 50.2 Å². The first-order chi connectivity index (χ1) is 19.3. The monoisotopic (exact) mass is 546 g/mol. The van der Waals surface area contributed by atoms with E-state index in [1.165, 1.54) is 0 Å². The lowest BCUT2D eigenvalue weighted by molar-refractivity contribution is 0.0696. The summed E-state index contributed by atoms with van der Waals surface area (Å²) in [6.45, 7) is 0.426. The van der Waals surface area contributed by atoms with Crippen LogP contribution in [0.25, 0.3) is 22.0 Å². The minimum absolute atomic E-state index is 0.199. The van der Waals surface area contributed by atoms with Gasteiger partial charge in [-0.05, 0) is 83.6 Å². The van der Waals surface area contributed by atoms with Gasteiger partial charge in [-0.15, -0.1) is 0 Å². The first-order valence-corrected chi connectivity index (χ1v) is 13.1. The van der Waals surface area contributed by atoms with E-state index in [0.717, 1.165) is 40.5 Å². The Labute approximate surface area is 235 Å². The summed E-state index contributed by atoms with van der Waals surface area (Å²) in [5.74, 6) is -1.25. The van der Waals surface area contributed by atoms with E-state index in [4.69, 9.17) is 11.6 Å². The SMILES string of the molecule is N#Cc1cccc(-c2cc(C(=O)NC3(c4ccc(C(=O)O)cc4)CC3)c3c(cnn3Cc3cccc(Cl)c3)c2)c1. The van der Waals surface area contributed by atoms with Crippen LogP contribution in [0.3, 0.4) is 0 Å². The van der Waals surface area contributed by atoms with Crippen LogP contribution < -0.4 is 5.32 Å². The fraction of sp³-hybridized carbons (Fsp3) is 0.125. The van der Waals surface area contributed by atoms with Crippen molar-refractivity contribution in [3.8, 4) is 17.2 Å². The number of carbonyl (C=O) groups excluding carboxylic acids is 1. The average Bonchev–Trinajstić information content (AvgIpc) is 3.64. The zero-order chi connectivity index (χ0) is 27.9. The normalized spacial score (nSPS) is 13.5. The van der Waals surface area contributed by atoms with Gasteiger partial charge in [0.25, 0.3) is 5.91 Å². The Morgan fingerprint density at radius 1 is 1.00 bits per heavy atom. The summed E-state index contributed by atoms with van der Waals surface area (Å²) in [6, 6.07) is 27.4. The van der Waals surface area contributed by atoms with Crippen molar-refractivity contribution in [3.63, 3.8) is 0 Å². The number of nitrogens with one attached hydrogen (secondary N) is 1. The first-order valence-electron chi connectivity index (χ1n) is 12.8. The molecule has 0 aliphatic heterocycles. The van der Waals surface area contributed by atoms with E-state index in [1.54, 1.807) is 47.3 Å². The summed E-state index contributed by atoms with van der Waals surface area (Å²) >= 11 is 6.21. The third-order valence-corrected chi connectivity index (χ3v) is 7.55. The van der Waals surface area contributed by atoms with Crippen molar-refractivity contribution in [3.05, 3.63) is 124 Å². The molecule has 1 fully saturated rings. The molecule has 7 nitrogen and oxygen atoms in total. The van der Waals surface area contributed by atoms with Crippen molar-refractivity contribution in [2.45, 2.75) is 24.9 Å². The van der Waals surface area contributed by atoms with Gasteiger partial charge in [-0.1, -0.05) is 48.0 Å². The number of aromatic carboxylic acids is 1. The van der Waals surface area contributed by atoms with Crippen LogP contribution in [0.4, 0.5) is 0 Å². The molecule has 1 aromatic heterocycles. The molecule has 4 aromatic carbocycles. The average molecular weight is 547 g/mol. The second kappa shape index (κ2) is 9.99. The summed E-state index contributed by atoms with van der Waals surface area (Å²) in [5, 5.41) is 27.9. The van der Waals surface area contributed by atoms with Crippen LogP contribution in [-0.4, -0.2) is 26.8 Å². The second-order valence-electron chi connectivity index (χ2n) is 10.0. The highest BCUT2D eigenvalue weighted by molar-refractivity contribution is 6.30. The van der Waals surface area contributed by atoms with Crippen molar-refractivity contribution >= 4 is 34.4 Å². The van der Waals surface area contributed by atoms with Crippen LogP contribution in [0.2, 0.25) is 5.02 Å². The van der Waals surface area contributed by atoms with Crippen LogP contribution >= 0.6 is 11.6 Å². The third kappa shape index (κ3) is 4.81. The van der Waals surface area contributed by atoms with Gasteiger partial charge < -0.3 is 10.4 Å². The van der Waals surface area contributed by atoms with Gasteiger partial charge in [-0.3, -0.25) is 9.48 Å². The highest BCUT2D eigenvalue weighted by Crippen LogP contribution is 2.46. The van der Waals surface area contributed by atoms with Crippen LogP contribution in [0, 0.1) is 11.3 Å². The number of benzene rings is 4. The first kappa shape index (κ1) is 25.4. The summed E-state index contributed by atoms with van der Waals surface area (Å²) in [4.78, 5) is 25.3. The molecular weight excluding hydrogens is 524 g/mol. The van der Waals surface area contributed by atoms with Crippen LogP contribution in [0.15, 0.2) is 91.1 Å². The molecule has 1 aliphatic carbocycles. The van der Waals surface area contributed by atoms with Gasteiger partial charge in [-0.2, -0.15) is 10.4 Å². The maximum Gasteiger partial charge on any atom is 0.335 e. The molecule has 1 amide bonds. The van der Waals surface area contributed by atoms with Crippen LogP contribution in [-0.2, 0) is 12.1 Å². The smallest absolute Gasteiger partial charge is 0.335 e. The van der Waals surface area contributed by atoms with Gasteiger partial charge in [0.2, 0.25) is 0 Å². The van der Waals surface area contributed by atoms with Crippen LogP contribution in [0.5, 0.6) is 0 Å². The van der Waals surface area contributed by atoms with E-state index in [2.05, 4.69) is 16.5 Å². The molecule has 8 heteroatoms. The topological polar surface area (TPSA) is 108 Å². The third-order valence-electron chi connectivity index (χ3n) is 7.31. The summed E-state index contributed by atoms with van der Waals surface area (Å²) < 4.78 is 1.80. The van der Waals surface area contributed by atoms with E-state index >= 15 is 0 Å². The number of aromatic nitrogens is 2. The van der Waals surface area contributed by atoms with Gasteiger partial charge >= 0.3 is 5.97 Å². The van der Waals surface area contributed by atoms with Gasteiger partial charge in [0.05, 0.1) is 46.6 Å². The number of rotatable bonds is 7. The van der Waals surface area contributed by atoms with Crippen molar-refractivity contribution < 1.29 is 14.7 Å². The Hall–Kier alpha value is -4.93. The Morgan fingerprint density at radius 2 is 1.77 bits per heavy atom. The molecule has 6 rings (SSSR count). The molecule has 1 aliphatic rings. The number of carbonyl (C=O) groups is 2. The molecule has 5 aromatic rings. The second-order valence-corrected chi connectivity index (χ2v) is 10.4. The summed E-state index contributed by atoms with van der Waals surface area (Å²) in [7, 11) is 0. The van der Waals surface area contributed by atoms with Crippen molar-refractivity contribution in [2.24, 2.45) is 0 Å². The fourth-order valence-corrected chi connectivity index (χ4v) is 5.31. The Kier molecular flexibility index (Phi) is 6.33. The zero-order valence-corrected chi connectivity index (χ0v) is 22.0. The summed E-state index contributed by atoms with van der Waals surface area (Å²) in [5.41, 5.74) is 4.76. The number of hydrogen-bond donors (Lipinski definition) is 2. The number of carboxylic acid groups (broad SMARTS) is 1. The largest absolute Gasteiger partial charge is 0.478 e. The molecule has 40 heavy (non-hydrogen) atoms. The number of halogens is 1. The van der Waals surface area contributed by atoms with E-state index < -0.39 is 11.5 Å². The number of fused-ring (bicyclic) bond motifs is 1. The van der Waals surface area contributed by atoms with Gasteiger partial charge in [-0.25, -0.2) is 4.79 Å². The maximum atomic E-state index is 14.0. The lowest BCUT2D eigenvalue weighted by Gasteiger charge is -2.19. The lowest BCUT2D eigenvalue weighted by atomic mass is 9.97. The Morgan fingerprint density at radius 3 is 2.48 bits per heavy atom. The molecule has 0 radical (unpaired) electrons. The number of carboxylic acids is 1. The van der Waals surface area contributed by atoms with Gasteiger partial charge in [0.1, 0.15) is 0 Å². The predicted molar refractivity (Wildman–Crippen MR) is 152 cm³/mol. The van der Waals surface area contributed by atoms with E-state index in [9.17, 15) is 20.0 Å². The molecule has 0 saturated heterocycles. The van der Waals surface area contributed by atoms with E-state index in [1.807, 2.05) is 48.5 Å². The molecule has 2 N–H and O–H groups in total. The Balaban J connectivity index is 1.43. The molecule has 0 spiro atoms. The van der Waals surface area contributed by atoms with Crippen molar-refractivity contribution in [2.75, 3.05) is 0 Å². The highest BCUT2D eigenvalue weighted by Gasteiger charge is 2.46. The van der Waals surface area contributed by atoms with Gasteiger partial charge in [0.15, 0.2) is 0 Å². The molecule has 0 bridgehead atoms. The number of amides is 1. The molecule has 0 unspecified atom stereocenters. The quantitative estimate of drug-likeness (QED) is 0.246. The van der Waals surface area contributed by atoms with E-state index in [0.29, 0.717) is 28.2 Å². The number of nitrogens with zero attached hydrogens (tertiary/aromatic N) is 3. The molecule has 0 atom stereocenters. The lowest BCUT2D eigenvalue weighted by Crippen LogP contribution is -2.35. The molecule has 1 saturated carbocycles. The molecule has 196 valence electrons. The molecular formula is C32H23ClN4O3. The van der Waals surface area contributed by atoms with E-state index in [-0.39, 0.29) is 11.5 Å². The van der Waals surface area contributed by atoms with Gasteiger partial charge in [0, 0.05) is 10.4 Å². The predicted octanol–water partition coefficient (Wildman–Crippen LogP) is 6.39. The zero-order valence-electron chi connectivity index (χ0n) is 21.3. The minimum atomic E-state index is -0.993. The number of hydrogen-bond acceptors (Lipinski definition) is 4. The summed E-state index contributed by atoms with van der Waals surface area (Å²) in [6.07, 6.45) is 3.24. The maximum absolute atomic E-state index is 14.0. The van der Waals surface area contributed by atoms with Crippen molar-refractivity contribution in [1.29, 1.82) is 5.26 Å². The standard InChI is InChI=1S/C32H23ClN4O3/c33-27-6-2-4-21(14-27)19-37-29-25(18-35-37)15-24(23-5-1-3-20(13-23)17-34)16-28(29)30(38)36-32(11-12-32)26-9-7-22(8-10-26)31(39)40/h1-10,13-16,18H,11-12,19H2,(H,36,38)(H,39,40). The minimum Gasteiger partial charge on any atom is -0.478 e. The Bertz CT molecular complexity index is 1830. The van der Waals surface area contributed by atoms with Crippen molar-refractivity contribution in [1.82, 2.24) is 15.1 Å². The highest BCUT2D eigenvalue weighted by atomic mass is 35.5.